The molecule has 1 aliphatic heterocycles. The molecule has 1 aliphatic rings. The molecule has 1 fully saturated rings. The van der Waals surface area contributed by atoms with Gasteiger partial charge in [-0.15, -0.1) is 0 Å². The first kappa shape index (κ1) is 11.0. The van der Waals surface area contributed by atoms with Crippen molar-refractivity contribution in [3.8, 4) is 0 Å². The van der Waals surface area contributed by atoms with E-state index in [0.717, 1.165) is 34.6 Å². The van der Waals surface area contributed by atoms with Crippen LogP contribution in [0, 0.1) is 6.92 Å². The van der Waals surface area contributed by atoms with E-state index in [1.807, 2.05) is 11.9 Å². The standard InChI is InChI=1S/C11H15N5S/c1-7-9-11(17-15-7)10(14-6-13-9)8-4-2-3-5-16(8)12/h6,8H,2-5,12H2,1H3. The van der Waals surface area contributed by atoms with E-state index in [4.69, 9.17) is 5.84 Å². The predicted molar refractivity (Wildman–Crippen MR) is 67.4 cm³/mol. The molecular weight excluding hydrogens is 234 g/mol. The van der Waals surface area contributed by atoms with Gasteiger partial charge in [0.05, 0.1) is 22.1 Å². The summed E-state index contributed by atoms with van der Waals surface area (Å²) in [4.78, 5) is 8.73. The Morgan fingerprint density at radius 3 is 3.12 bits per heavy atom. The van der Waals surface area contributed by atoms with Crippen molar-refractivity contribution in [3.63, 3.8) is 0 Å². The van der Waals surface area contributed by atoms with Gasteiger partial charge in [0.25, 0.3) is 0 Å². The topological polar surface area (TPSA) is 67.9 Å². The maximum Gasteiger partial charge on any atom is 0.116 e. The number of aromatic nitrogens is 3. The second-order valence-electron chi connectivity index (χ2n) is 4.45. The van der Waals surface area contributed by atoms with Crippen LogP contribution in [0.3, 0.4) is 0 Å². The molecule has 5 nitrogen and oxygen atoms in total. The molecule has 0 saturated carbocycles. The van der Waals surface area contributed by atoms with Gasteiger partial charge in [-0.05, 0) is 31.3 Å². The van der Waals surface area contributed by atoms with Crippen LogP contribution in [0.15, 0.2) is 6.33 Å². The van der Waals surface area contributed by atoms with Crippen LogP contribution in [0.1, 0.15) is 36.7 Å². The Bertz CT molecular complexity index is 538. The second kappa shape index (κ2) is 4.29. The number of fused-ring (bicyclic) bond motifs is 1. The lowest BCUT2D eigenvalue weighted by molar-refractivity contribution is 0.149. The molecule has 17 heavy (non-hydrogen) atoms. The molecular formula is C11H15N5S. The first-order valence-corrected chi connectivity index (χ1v) is 6.63. The highest BCUT2D eigenvalue weighted by Gasteiger charge is 2.25. The molecule has 0 aromatic carbocycles. The smallest absolute Gasteiger partial charge is 0.116 e. The molecule has 0 radical (unpaired) electrons. The summed E-state index contributed by atoms with van der Waals surface area (Å²) in [6, 6.07) is 0.217. The van der Waals surface area contributed by atoms with Crippen molar-refractivity contribution in [1.29, 1.82) is 0 Å². The highest BCUT2D eigenvalue weighted by molar-refractivity contribution is 7.13. The Morgan fingerprint density at radius 2 is 2.29 bits per heavy atom. The van der Waals surface area contributed by atoms with Gasteiger partial charge in [0.15, 0.2) is 0 Å². The summed E-state index contributed by atoms with van der Waals surface area (Å²) in [7, 11) is 0. The molecule has 2 aromatic heterocycles. The van der Waals surface area contributed by atoms with Crippen LogP contribution in [-0.2, 0) is 0 Å². The van der Waals surface area contributed by atoms with E-state index in [-0.39, 0.29) is 6.04 Å². The van der Waals surface area contributed by atoms with Gasteiger partial charge < -0.3 is 0 Å². The zero-order valence-corrected chi connectivity index (χ0v) is 10.6. The highest BCUT2D eigenvalue weighted by Crippen LogP contribution is 2.33. The number of hydrazine groups is 1. The lowest BCUT2D eigenvalue weighted by atomic mass is 10.0. The minimum Gasteiger partial charge on any atom is -0.268 e. The van der Waals surface area contributed by atoms with Gasteiger partial charge in [0, 0.05) is 6.54 Å². The van der Waals surface area contributed by atoms with Gasteiger partial charge in [0.2, 0.25) is 0 Å². The molecule has 2 aromatic rings. The molecule has 6 heteroatoms. The molecule has 0 bridgehead atoms. The van der Waals surface area contributed by atoms with Crippen LogP contribution in [0.2, 0.25) is 0 Å². The van der Waals surface area contributed by atoms with E-state index in [2.05, 4.69) is 14.3 Å². The van der Waals surface area contributed by atoms with Crippen molar-refractivity contribution < 1.29 is 0 Å². The van der Waals surface area contributed by atoms with Crippen molar-refractivity contribution >= 4 is 21.7 Å². The average molecular weight is 249 g/mol. The van der Waals surface area contributed by atoms with Gasteiger partial charge in [-0.1, -0.05) is 6.42 Å². The minimum absolute atomic E-state index is 0.217. The van der Waals surface area contributed by atoms with E-state index in [1.54, 1.807) is 6.33 Å². The van der Waals surface area contributed by atoms with Crippen molar-refractivity contribution in [3.05, 3.63) is 17.7 Å². The number of hydrogen-bond donors (Lipinski definition) is 1. The van der Waals surface area contributed by atoms with Gasteiger partial charge in [-0.3, -0.25) is 5.84 Å². The monoisotopic (exact) mass is 249 g/mol. The summed E-state index contributed by atoms with van der Waals surface area (Å²) in [6.45, 7) is 2.92. The molecule has 0 amide bonds. The Kier molecular flexibility index (Phi) is 2.78. The molecule has 1 atom stereocenters. The number of rotatable bonds is 1. The third-order valence-corrected chi connectivity index (χ3v) is 4.26. The predicted octanol–water partition coefficient (Wildman–Crippen LogP) is 1.80. The van der Waals surface area contributed by atoms with Gasteiger partial charge >= 0.3 is 0 Å². The number of hydrogen-bond acceptors (Lipinski definition) is 6. The molecule has 1 saturated heterocycles. The van der Waals surface area contributed by atoms with Crippen LogP contribution in [-0.4, -0.2) is 25.9 Å². The fourth-order valence-electron chi connectivity index (χ4n) is 2.38. The van der Waals surface area contributed by atoms with Crippen LogP contribution in [0.4, 0.5) is 0 Å². The maximum atomic E-state index is 6.07. The SMILES string of the molecule is Cc1nsc2c(C3CCCCN3N)ncnc12. The fourth-order valence-corrected chi connectivity index (χ4v) is 3.26. The van der Waals surface area contributed by atoms with E-state index in [1.165, 1.54) is 24.4 Å². The summed E-state index contributed by atoms with van der Waals surface area (Å²) < 4.78 is 5.45. The summed E-state index contributed by atoms with van der Waals surface area (Å²) >= 11 is 1.48. The van der Waals surface area contributed by atoms with E-state index in [9.17, 15) is 0 Å². The zero-order valence-electron chi connectivity index (χ0n) is 9.76. The molecule has 1 unspecified atom stereocenters. The molecule has 3 rings (SSSR count). The van der Waals surface area contributed by atoms with Crippen LogP contribution >= 0.6 is 11.5 Å². The van der Waals surface area contributed by atoms with Gasteiger partial charge in [-0.25, -0.2) is 15.0 Å². The molecule has 90 valence electrons. The lowest BCUT2D eigenvalue weighted by Crippen LogP contribution is -2.39. The van der Waals surface area contributed by atoms with Crippen molar-refractivity contribution in [1.82, 2.24) is 19.4 Å². The Morgan fingerprint density at radius 1 is 1.41 bits per heavy atom. The summed E-state index contributed by atoms with van der Waals surface area (Å²) in [6.07, 6.45) is 5.08. The van der Waals surface area contributed by atoms with Crippen molar-refractivity contribution in [2.75, 3.05) is 6.54 Å². The third-order valence-electron chi connectivity index (χ3n) is 3.31. The Balaban J connectivity index is 2.10. The minimum atomic E-state index is 0.217. The molecule has 0 spiro atoms. The Labute approximate surface area is 104 Å². The lowest BCUT2D eigenvalue weighted by Gasteiger charge is -2.31. The molecule has 2 N–H and O–H groups in total. The van der Waals surface area contributed by atoms with E-state index in [0.29, 0.717) is 0 Å². The van der Waals surface area contributed by atoms with Crippen molar-refractivity contribution in [2.45, 2.75) is 32.2 Å². The molecule has 3 heterocycles. The maximum absolute atomic E-state index is 6.07. The molecule has 0 aliphatic carbocycles. The van der Waals surface area contributed by atoms with E-state index >= 15 is 0 Å². The first-order valence-electron chi connectivity index (χ1n) is 5.85. The van der Waals surface area contributed by atoms with Gasteiger partial charge in [-0.2, -0.15) is 4.37 Å². The Hall–Kier alpha value is -1.11. The number of nitrogens with two attached hydrogens (primary N) is 1. The van der Waals surface area contributed by atoms with Crippen molar-refractivity contribution in [2.24, 2.45) is 5.84 Å². The average Bonchev–Trinajstić information content (AvgIpc) is 2.72. The van der Waals surface area contributed by atoms with E-state index < -0.39 is 0 Å². The number of piperidine rings is 1. The van der Waals surface area contributed by atoms with Gasteiger partial charge in [0.1, 0.15) is 11.8 Å². The van der Waals surface area contributed by atoms with Crippen LogP contribution in [0.25, 0.3) is 10.2 Å². The third kappa shape index (κ3) is 1.82. The summed E-state index contributed by atoms with van der Waals surface area (Å²) in [5, 5.41) is 1.90. The number of nitrogens with zero attached hydrogens (tertiary/aromatic N) is 4. The zero-order chi connectivity index (χ0) is 11.8. The fraction of sp³-hybridized carbons (Fsp3) is 0.545. The quantitative estimate of drug-likeness (QED) is 0.780. The summed E-state index contributed by atoms with van der Waals surface area (Å²) in [5.41, 5.74) is 3.00. The highest BCUT2D eigenvalue weighted by atomic mass is 32.1. The van der Waals surface area contributed by atoms with Crippen LogP contribution in [0.5, 0.6) is 0 Å². The largest absolute Gasteiger partial charge is 0.268 e. The van der Waals surface area contributed by atoms with Crippen LogP contribution < -0.4 is 5.84 Å². The normalized spacial score (nSPS) is 22.1. The first-order chi connectivity index (χ1) is 8.27. The number of aryl methyl sites for hydroxylation is 1. The summed E-state index contributed by atoms with van der Waals surface area (Å²) in [5.74, 6) is 6.07. The second-order valence-corrected chi connectivity index (χ2v) is 5.23.